The molecule has 23 heavy (non-hydrogen) atoms. The molecule has 0 spiro atoms. The lowest BCUT2D eigenvalue weighted by Gasteiger charge is -2.36. The number of hydrogen-bond donors (Lipinski definition) is 2. The number of halogens is 2. The number of nitrogens with two attached hydrogens (primary N) is 1. The topological polar surface area (TPSA) is 80.5 Å². The number of ether oxygens (including phenoxy) is 1. The zero-order valence-electron chi connectivity index (χ0n) is 13.7. The van der Waals surface area contributed by atoms with Crippen LogP contribution >= 0.6 is 24.8 Å². The van der Waals surface area contributed by atoms with Gasteiger partial charge in [0.1, 0.15) is 5.82 Å². The summed E-state index contributed by atoms with van der Waals surface area (Å²) in [6, 6.07) is 3.47. The highest BCUT2D eigenvalue weighted by atomic mass is 35.5. The van der Waals surface area contributed by atoms with E-state index in [2.05, 4.69) is 29.0 Å². The fourth-order valence-corrected chi connectivity index (χ4v) is 2.42. The molecule has 1 aliphatic rings. The molecule has 1 amide bonds. The van der Waals surface area contributed by atoms with Gasteiger partial charge in [0.15, 0.2) is 0 Å². The monoisotopic (exact) mass is 364 g/mol. The van der Waals surface area contributed by atoms with Crippen molar-refractivity contribution in [1.29, 1.82) is 0 Å². The fourth-order valence-electron chi connectivity index (χ4n) is 2.42. The number of pyridine rings is 1. The van der Waals surface area contributed by atoms with Crippen molar-refractivity contribution in [2.45, 2.75) is 45.6 Å². The van der Waals surface area contributed by atoms with Gasteiger partial charge in [-0.3, -0.25) is 4.79 Å². The molecule has 0 saturated carbocycles. The molecule has 6 nitrogen and oxygen atoms in total. The predicted octanol–water partition coefficient (Wildman–Crippen LogP) is 1.50. The van der Waals surface area contributed by atoms with Crippen LogP contribution in [0.25, 0.3) is 0 Å². The molecule has 1 saturated heterocycles. The van der Waals surface area contributed by atoms with Gasteiger partial charge < -0.3 is 20.7 Å². The van der Waals surface area contributed by atoms with Gasteiger partial charge >= 0.3 is 0 Å². The lowest BCUT2D eigenvalue weighted by molar-refractivity contribution is -0.122. The number of morpholine rings is 1. The first kappa shape index (κ1) is 21.9. The highest BCUT2D eigenvalue weighted by Crippen LogP contribution is 2.18. The molecule has 0 aromatic carbocycles. The molecule has 0 bridgehead atoms. The molecule has 3 N–H and O–H groups in total. The Hall–Kier alpha value is -1.08. The second kappa shape index (κ2) is 9.93. The lowest BCUT2D eigenvalue weighted by Crippen LogP contribution is -2.45. The van der Waals surface area contributed by atoms with Crippen LogP contribution in [0.5, 0.6) is 0 Å². The second-order valence-electron chi connectivity index (χ2n) is 5.69. The summed E-state index contributed by atoms with van der Waals surface area (Å²) in [6.45, 7) is 7.94. The summed E-state index contributed by atoms with van der Waals surface area (Å²) >= 11 is 0. The van der Waals surface area contributed by atoms with Gasteiger partial charge in [-0.2, -0.15) is 0 Å². The van der Waals surface area contributed by atoms with E-state index in [1.54, 1.807) is 13.1 Å². The Morgan fingerprint density at radius 3 is 2.48 bits per heavy atom. The van der Waals surface area contributed by atoms with E-state index in [1.807, 2.05) is 12.1 Å². The number of amides is 1. The van der Waals surface area contributed by atoms with Gasteiger partial charge in [-0.15, -0.1) is 24.8 Å². The van der Waals surface area contributed by atoms with Crippen LogP contribution in [0, 0.1) is 0 Å². The summed E-state index contributed by atoms with van der Waals surface area (Å²) < 4.78 is 5.72. The van der Waals surface area contributed by atoms with Crippen LogP contribution in [-0.2, 0) is 16.1 Å². The highest BCUT2D eigenvalue weighted by Gasteiger charge is 2.22. The molecule has 132 valence electrons. The number of rotatable bonds is 4. The first-order chi connectivity index (χ1) is 9.95. The average Bonchev–Trinajstić information content (AvgIpc) is 2.44. The molecular weight excluding hydrogens is 339 g/mol. The lowest BCUT2D eigenvalue weighted by atomic mass is 10.2. The van der Waals surface area contributed by atoms with Crippen molar-refractivity contribution in [2.24, 2.45) is 5.73 Å². The maximum absolute atomic E-state index is 11.4. The van der Waals surface area contributed by atoms with E-state index < -0.39 is 6.04 Å². The van der Waals surface area contributed by atoms with Gasteiger partial charge in [-0.05, 0) is 32.4 Å². The molecule has 3 atom stereocenters. The van der Waals surface area contributed by atoms with E-state index in [0.29, 0.717) is 6.54 Å². The Kier molecular flexibility index (Phi) is 9.46. The van der Waals surface area contributed by atoms with Gasteiger partial charge in [-0.1, -0.05) is 6.07 Å². The Bertz CT molecular complexity index is 475. The Morgan fingerprint density at radius 2 is 2.00 bits per heavy atom. The number of nitrogens with zero attached hydrogens (tertiary/aromatic N) is 2. The Labute approximate surface area is 150 Å². The third kappa shape index (κ3) is 6.51. The van der Waals surface area contributed by atoms with Crippen LogP contribution in [0.3, 0.4) is 0 Å². The Balaban J connectivity index is 0.00000242. The summed E-state index contributed by atoms with van der Waals surface area (Å²) in [6.07, 6.45) is 2.21. The normalized spacial score (nSPS) is 21.7. The van der Waals surface area contributed by atoms with Crippen molar-refractivity contribution in [3.05, 3.63) is 23.9 Å². The van der Waals surface area contributed by atoms with Crippen molar-refractivity contribution in [3.63, 3.8) is 0 Å². The van der Waals surface area contributed by atoms with E-state index in [1.165, 1.54) is 0 Å². The van der Waals surface area contributed by atoms with Crippen LogP contribution in [0.15, 0.2) is 18.3 Å². The van der Waals surface area contributed by atoms with Crippen molar-refractivity contribution in [2.75, 3.05) is 18.0 Å². The highest BCUT2D eigenvalue weighted by molar-refractivity contribution is 5.85. The Morgan fingerprint density at radius 1 is 1.39 bits per heavy atom. The molecule has 2 unspecified atom stereocenters. The molecule has 1 aromatic heterocycles. The maximum atomic E-state index is 11.4. The van der Waals surface area contributed by atoms with Crippen molar-refractivity contribution in [1.82, 2.24) is 10.3 Å². The molecule has 1 fully saturated rings. The van der Waals surface area contributed by atoms with Crippen LogP contribution in [0.4, 0.5) is 5.82 Å². The summed E-state index contributed by atoms with van der Waals surface area (Å²) in [7, 11) is 0. The minimum absolute atomic E-state index is 0. The van der Waals surface area contributed by atoms with Crippen molar-refractivity contribution < 1.29 is 9.53 Å². The number of anilines is 1. The largest absolute Gasteiger partial charge is 0.372 e. The third-order valence-electron chi connectivity index (χ3n) is 3.43. The molecule has 1 aliphatic heterocycles. The maximum Gasteiger partial charge on any atom is 0.236 e. The van der Waals surface area contributed by atoms with E-state index in [-0.39, 0.29) is 42.9 Å². The predicted molar refractivity (Wildman–Crippen MR) is 96.5 cm³/mol. The van der Waals surface area contributed by atoms with Crippen molar-refractivity contribution in [3.8, 4) is 0 Å². The van der Waals surface area contributed by atoms with Crippen LogP contribution in [0.2, 0.25) is 0 Å². The third-order valence-corrected chi connectivity index (χ3v) is 3.43. The quantitative estimate of drug-likeness (QED) is 0.845. The zero-order chi connectivity index (χ0) is 15.4. The summed E-state index contributed by atoms with van der Waals surface area (Å²) in [4.78, 5) is 18.1. The number of carbonyl (C=O) groups excluding carboxylic acids is 1. The summed E-state index contributed by atoms with van der Waals surface area (Å²) in [5, 5.41) is 2.77. The molecule has 2 heterocycles. The first-order valence-corrected chi connectivity index (χ1v) is 7.34. The second-order valence-corrected chi connectivity index (χ2v) is 5.69. The molecule has 2 rings (SSSR count). The van der Waals surface area contributed by atoms with Crippen molar-refractivity contribution >= 4 is 36.5 Å². The SMILES string of the molecule is CC1CN(c2ccc(CNC(=O)[C@@H](C)N)cn2)CC(C)O1.Cl.Cl. The van der Waals surface area contributed by atoms with Crippen LogP contribution < -0.4 is 16.0 Å². The average molecular weight is 365 g/mol. The van der Waals surface area contributed by atoms with Gasteiger partial charge in [0, 0.05) is 25.8 Å². The van der Waals surface area contributed by atoms with E-state index in [0.717, 1.165) is 24.5 Å². The number of hydrogen-bond acceptors (Lipinski definition) is 5. The molecular formula is C15H26Cl2N4O2. The smallest absolute Gasteiger partial charge is 0.236 e. The van der Waals surface area contributed by atoms with Crippen LogP contribution in [-0.4, -0.2) is 42.2 Å². The molecule has 1 aromatic rings. The van der Waals surface area contributed by atoms with Crippen LogP contribution in [0.1, 0.15) is 26.3 Å². The number of nitrogens with one attached hydrogen (secondary N) is 1. The van der Waals surface area contributed by atoms with E-state index >= 15 is 0 Å². The molecule has 8 heteroatoms. The fraction of sp³-hybridized carbons (Fsp3) is 0.600. The molecule has 0 radical (unpaired) electrons. The minimum atomic E-state index is -0.492. The van der Waals surface area contributed by atoms with Gasteiger partial charge in [0.2, 0.25) is 5.91 Å². The van der Waals surface area contributed by atoms with Gasteiger partial charge in [0.25, 0.3) is 0 Å². The standard InChI is InChI=1S/C15H24N4O2.2ClH/c1-10-8-19(9-11(2)21-10)14-5-4-13(6-17-14)7-18-15(20)12(3)16;;/h4-6,10-12H,7-9,16H2,1-3H3,(H,18,20);2*1H/t10?,11?,12-;;/m1../s1. The minimum Gasteiger partial charge on any atom is -0.372 e. The summed E-state index contributed by atoms with van der Waals surface area (Å²) in [5.74, 6) is 0.786. The number of carbonyl (C=O) groups is 1. The van der Waals surface area contributed by atoms with E-state index in [4.69, 9.17) is 10.5 Å². The summed E-state index contributed by atoms with van der Waals surface area (Å²) in [5.41, 5.74) is 6.46. The van der Waals surface area contributed by atoms with E-state index in [9.17, 15) is 4.79 Å². The van der Waals surface area contributed by atoms with Gasteiger partial charge in [-0.25, -0.2) is 4.98 Å². The van der Waals surface area contributed by atoms with Gasteiger partial charge in [0.05, 0.1) is 18.2 Å². The number of aromatic nitrogens is 1. The zero-order valence-corrected chi connectivity index (χ0v) is 15.3. The molecule has 0 aliphatic carbocycles. The first-order valence-electron chi connectivity index (χ1n) is 7.34.